The summed E-state index contributed by atoms with van der Waals surface area (Å²) in [6.07, 6.45) is 1.96. The van der Waals surface area contributed by atoms with Gasteiger partial charge in [0.05, 0.1) is 18.2 Å². The highest BCUT2D eigenvalue weighted by Gasteiger charge is 2.42. The van der Waals surface area contributed by atoms with Crippen molar-refractivity contribution in [3.05, 3.63) is 11.6 Å². The molecule has 1 fully saturated rings. The third-order valence-electron chi connectivity index (χ3n) is 3.95. The average molecular weight is 238 g/mol. The van der Waals surface area contributed by atoms with E-state index in [0.717, 1.165) is 37.6 Å². The molecule has 17 heavy (non-hydrogen) atoms. The lowest BCUT2D eigenvalue weighted by atomic mass is 9.86. The van der Waals surface area contributed by atoms with Crippen LogP contribution in [0.1, 0.15) is 44.4 Å². The van der Waals surface area contributed by atoms with Crippen molar-refractivity contribution in [2.24, 2.45) is 7.05 Å². The molecule has 0 amide bonds. The van der Waals surface area contributed by atoms with E-state index in [0.29, 0.717) is 0 Å². The number of aromatic nitrogens is 3. The second-order valence-corrected chi connectivity index (χ2v) is 4.67. The number of hydrogen-bond acceptors (Lipinski definition) is 4. The smallest absolute Gasteiger partial charge is 0.152 e. The lowest BCUT2D eigenvalue weighted by Crippen LogP contribution is -2.52. The predicted octanol–water partition coefficient (Wildman–Crippen LogP) is 1.34. The molecule has 0 aromatic carbocycles. The van der Waals surface area contributed by atoms with E-state index in [1.165, 1.54) is 0 Å². The van der Waals surface area contributed by atoms with Gasteiger partial charge in [-0.25, -0.2) is 0 Å². The minimum Gasteiger partial charge on any atom is -0.372 e. The first kappa shape index (κ1) is 12.5. The van der Waals surface area contributed by atoms with Crippen LogP contribution in [-0.2, 0) is 11.8 Å². The minimum absolute atomic E-state index is 0.137. The molecule has 1 N–H and O–H groups in total. The van der Waals surface area contributed by atoms with E-state index in [1.54, 1.807) is 0 Å². The molecule has 1 aliphatic rings. The molecule has 1 unspecified atom stereocenters. The van der Waals surface area contributed by atoms with E-state index in [2.05, 4.69) is 29.4 Å². The first-order chi connectivity index (χ1) is 8.14. The van der Waals surface area contributed by atoms with Gasteiger partial charge in [0.15, 0.2) is 5.82 Å². The standard InChI is InChI=1S/C12H22N4O/c1-5-12(6-2)10(13-7-8-17-12)11-15-14-9(3)16(11)4/h10,13H,5-8H2,1-4H3. The van der Waals surface area contributed by atoms with Crippen molar-refractivity contribution in [2.45, 2.75) is 45.3 Å². The zero-order valence-electron chi connectivity index (χ0n) is 11.2. The van der Waals surface area contributed by atoms with Gasteiger partial charge in [-0.3, -0.25) is 0 Å². The molecule has 0 saturated carbocycles. The summed E-state index contributed by atoms with van der Waals surface area (Å²) in [5.74, 6) is 1.92. The van der Waals surface area contributed by atoms with E-state index in [9.17, 15) is 0 Å². The summed E-state index contributed by atoms with van der Waals surface area (Å²) in [7, 11) is 2.01. The van der Waals surface area contributed by atoms with E-state index in [-0.39, 0.29) is 11.6 Å². The molecule has 0 aliphatic carbocycles. The van der Waals surface area contributed by atoms with E-state index in [1.807, 2.05) is 18.5 Å². The highest BCUT2D eigenvalue weighted by Crippen LogP contribution is 2.36. The molecule has 1 aromatic rings. The SMILES string of the molecule is CCC1(CC)OCCNC1c1nnc(C)n1C. The van der Waals surface area contributed by atoms with Crippen LogP contribution in [0.25, 0.3) is 0 Å². The van der Waals surface area contributed by atoms with E-state index < -0.39 is 0 Å². The van der Waals surface area contributed by atoms with Crippen molar-refractivity contribution in [3.8, 4) is 0 Å². The monoisotopic (exact) mass is 238 g/mol. The van der Waals surface area contributed by atoms with Crippen molar-refractivity contribution >= 4 is 0 Å². The summed E-state index contributed by atoms with van der Waals surface area (Å²) >= 11 is 0. The summed E-state index contributed by atoms with van der Waals surface area (Å²) in [6, 6.07) is 0.137. The van der Waals surface area contributed by atoms with Gasteiger partial charge in [-0.05, 0) is 19.8 Å². The maximum absolute atomic E-state index is 6.05. The van der Waals surface area contributed by atoms with Crippen LogP contribution >= 0.6 is 0 Å². The van der Waals surface area contributed by atoms with Crippen LogP contribution in [0.15, 0.2) is 0 Å². The topological polar surface area (TPSA) is 52.0 Å². The van der Waals surface area contributed by atoms with Gasteiger partial charge in [0.2, 0.25) is 0 Å². The Balaban J connectivity index is 2.37. The number of hydrogen-bond donors (Lipinski definition) is 1. The third-order valence-corrected chi connectivity index (χ3v) is 3.95. The molecule has 0 spiro atoms. The molecule has 5 nitrogen and oxygen atoms in total. The number of aryl methyl sites for hydroxylation is 1. The molecule has 2 heterocycles. The highest BCUT2D eigenvalue weighted by molar-refractivity contribution is 5.08. The molecule has 96 valence electrons. The molecule has 0 bridgehead atoms. The van der Waals surface area contributed by atoms with Crippen molar-refractivity contribution in [1.82, 2.24) is 20.1 Å². The molecule has 1 atom stereocenters. The quantitative estimate of drug-likeness (QED) is 0.863. The van der Waals surface area contributed by atoms with Crippen LogP contribution in [0.4, 0.5) is 0 Å². The van der Waals surface area contributed by atoms with Crippen LogP contribution in [0.3, 0.4) is 0 Å². The molecule has 1 aromatic heterocycles. The van der Waals surface area contributed by atoms with Gasteiger partial charge in [-0.2, -0.15) is 0 Å². The maximum atomic E-state index is 6.05. The maximum Gasteiger partial charge on any atom is 0.152 e. The number of nitrogens with zero attached hydrogens (tertiary/aromatic N) is 3. The fourth-order valence-corrected chi connectivity index (χ4v) is 2.59. The zero-order valence-corrected chi connectivity index (χ0v) is 11.2. The second-order valence-electron chi connectivity index (χ2n) is 4.67. The van der Waals surface area contributed by atoms with E-state index in [4.69, 9.17) is 4.74 Å². The molecule has 5 heteroatoms. The molecule has 1 aliphatic heterocycles. The zero-order chi connectivity index (χ0) is 12.5. The average Bonchev–Trinajstić information content (AvgIpc) is 2.70. The Bertz CT molecular complexity index is 384. The van der Waals surface area contributed by atoms with Crippen LogP contribution in [0.5, 0.6) is 0 Å². The summed E-state index contributed by atoms with van der Waals surface area (Å²) in [4.78, 5) is 0. The third kappa shape index (κ3) is 1.98. The number of morpholine rings is 1. The van der Waals surface area contributed by atoms with Crippen LogP contribution in [0, 0.1) is 6.92 Å². The Hall–Kier alpha value is -0.940. The highest BCUT2D eigenvalue weighted by atomic mass is 16.5. The fourth-order valence-electron chi connectivity index (χ4n) is 2.59. The Labute approximate surface area is 103 Å². The van der Waals surface area contributed by atoms with Gasteiger partial charge in [-0.15, -0.1) is 10.2 Å². The Morgan fingerprint density at radius 3 is 2.65 bits per heavy atom. The van der Waals surface area contributed by atoms with Gasteiger partial charge < -0.3 is 14.6 Å². The van der Waals surface area contributed by atoms with Gasteiger partial charge in [0.25, 0.3) is 0 Å². The molecular weight excluding hydrogens is 216 g/mol. The lowest BCUT2D eigenvalue weighted by molar-refractivity contribution is -0.106. The second kappa shape index (κ2) is 4.74. The molecule has 0 radical (unpaired) electrons. The van der Waals surface area contributed by atoms with Gasteiger partial charge in [0, 0.05) is 13.6 Å². The van der Waals surface area contributed by atoms with Gasteiger partial charge in [0.1, 0.15) is 5.82 Å². The summed E-state index contributed by atoms with van der Waals surface area (Å²) in [6.45, 7) is 7.96. The number of nitrogens with one attached hydrogen (secondary N) is 1. The number of ether oxygens (including phenoxy) is 1. The first-order valence-electron chi connectivity index (χ1n) is 6.38. The van der Waals surface area contributed by atoms with Crippen LogP contribution in [-0.4, -0.2) is 33.5 Å². The van der Waals surface area contributed by atoms with Crippen LogP contribution < -0.4 is 5.32 Å². The summed E-state index contributed by atoms with van der Waals surface area (Å²) in [5.41, 5.74) is -0.147. The van der Waals surface area contributed by atoms with Gasteiger partial charge in [-0.1, -0.05) is 13.8 Å². The van der Waals surface area contributed by atoms with Crippen molar-refractivity contribution in [3.63, 3.8) is 0 Å². The Morgan fingerprint density at radius 1 is 1.41 bits per heavy atom. The molecule has 2 rings (SSSR count). The van der Waals surface area contributed by atoms with Crippen molar-refractivity contribution in [2.75, 3.05) is 13.2 Å². The fraction of sp³-hybridized carbons (Fsp3) is 0.833. The molecule has 1 saturated heterocycles. The summed E-state index contributed by atoms with van der Waals surface area (Å²) in [5, 5.41) is 12.0. The van der Waals surface area contributed by atoms with Gasteiger partial charge >= 0.3 is 0 Å². The predicted molar refractivity (Wildman–Crippen MR) is 65.7 cm³/mol. The molecular formula is C12H22N4O. The first-order valence-corrected chi connectivity index (χ1v) is 6.38. The normalized spacial score (nSPS) is 23.9. The number of rotatable bonds is 3. The van der Waals surface area contributed by atoms with Crippen molar-refractivity contribution in [1.29, 1.82) is 0 Å². The largest absolute Gasteiger partial charge is 0.372 e. The Morgan fingerprint density at radius 2 is 2.12 bits per heavy atom. The summed E-state index contributed by atoms with van der Waals surface area (Å²) < 4.78 is 8.10. The minimum atomic E-state index is -0.147. The van der Waals surface area contributed by atoms with Crippen molar-refractivity contribution < 1.29 is 4.74 Å². The van der Waals surface area contributed by atoms with E-state index >= 15 is 0 Å². The lowest BCUT2D eigenvalue weighted by Gasteiger charge is -2.43. The Kier molecular flexibility index (Phi) is 3.49. The van der Waals surface area contributed by atoms with Crippen LogP contribution in [0.2, 0.25) is 0 Å².